The predicted octanol–water partition coefficient (Wildman–Crippen LogP) is 1.61. The number of anilines is 1. The second-order valence-electron chi connectivity index (χ2n) is 4.54. The summed E-state index contributed by atoms with van der Waals surface area (Å²) in [5.41, 5.74) is -1.88. The molecular weight excluding hydrogens is 277 g/mol. The van der Waals surface area contributed by atoms with Gasteiger partial charge in [0, 0.05) is 0 Å². The van der Waals surface area contributed by atoms with Gasteiger partial charge in [0.2, 0.25) is 0 Å². The highest BCUT2D eigenvalue weighted by Crippen LogP contribution is 2.30. The predicted molar refractivity (Wildman–Crippen MR) is 66.9 cm³/mol. The highest BCUT2D eigenvalue weighted by atomic mass is 32.2. The molecule has 8 heteroatoms. The molecule has 6 nitrogen and oxygen atoms in total. The monoisotopic (exact) mass is 291 g/mol. The Kier molecular flexibility index (Phi) is 3.87. The summed E-state index contributed by atoms with van der Waals surface area (Å²) in [6.45, 7) is 3.66. The van der Waals surface area contributed by atoms with E-state index >= 15 is 0 Å². The molecule has 1 aromatic carbocycles. The van der Waals surface area contributed by atoms with Crippen LogP contribution in [-0.2, 0) is 15.1 Å². The second kappa shape index (κ2) is 4.78. The number of carbonyl (C=O) groups is 1. The normalized spacial score (nSPS) is 12.3. The van der Waals surface area contributed by atoms with Crippen LogP contribution in [-0.4, -0.2) is 29.6 Å². The average molecular weight is 291 g/mol. The van der Waals surface area contributed by atoms with Gasteiger partial charge in [-0.3, -0.25) is 4.55 Å². The van der Waals surface area contributed by atoms with Crippen LogP contribution in [0.1, 0.15) is 19.4 Å². The zero-order valence-electron chi connectivity index (χ0n) is 10.6. The standard InChI is InChI=1S/C11H14FNO5S/c1-7-4-5-8(12)6-9(7)13(19(16,17)18)11(2,3)10(14)15/h4-6H,1-3H3,(H,14,15)(H,16,17,18). The van der Waals surface area contributed by atoms with E-state index in [0.29, 0.717) is 5.56 Å². The van der Waals surface area contributed by atoms with E-state index in [-0.39, 0.29) is 9.99 Å². The summed E-state index contributed by atoms with van der Waals surface area (Å²) >= 11 is 0. The van der Waals surface area contributed by atoms with Gasteiger partial charge in [0.15, 0.2) is 0 Å². The molecule has 19 heavy (non-hydrogen) atoms. The molecule has 0 saturated carbocycles. The van der Waals surface area contributed by atoms with Crippen LogP contribution in [0.25, 0.3) is 0 Å². The van der Waals surface area contributed by atoms with Gasteiger partial charge in [-0.25, -0.2) is 13.5 Å². The lowest BCUT2D eigenvalue weighted by atomic mass is 10.0. The number of aryl methyl sites for hydroxylation is 1. The molecule has 2 N–H and O–H groups in total. The Morgan fingerprint density at radius 1 is 1.37 bits per heavy atom. The summed E-state index contributed by atoms with van der Waals surface area (Å²) in [5.74, 6) is -2.22. The minimum absolute atomic E-state index is 0.227. The molecule has 106 valence electrons. The van der Waals surface area contributed by atoms with Crippen molar-refractivity contribution in [2.24, 2.45) is 0 Å². The first-order valence-corrected chi connectivity index (χ1v) is 6.65. The van der Waals surface area contributed by atoms with Crippen LogP contribution in [0.2, 0.25) is 0 Å². The Morgan fingerprint density at radius 2 is 1.89 bits per heavy atom. The van der Waals surface area contributed by atoms with Gasteiger partial charge in [-0.15, -0.1) is 0 Å². The molecular formula is C11H14FNO5S. The van der Waals surface area contributed by atoms with Crippen LogP contribution >= 0.6 is 0 Å². The molecule has 1 rings (SSSR count). The van der Waals surface area contributed by atoms with Crippen molar-refractivity contribution < 1.29 is 27.3 Å². The number of carboxylic acid groups (broad SMARTS) is 1. The van der Waals surface area contributed by atoms with Crippen LogP contribution in [0.4, 0.5) is 10.1 Å². The number of halogens is 1. The van der Waals surface area contributed by atoms with Gasteiger partial charge in [0.05, 0.1) is 5.69 Å². The molecule has 0 radical (unpaired) electrons. The number of nitrogens with zero attached hydrogens (tertiary/aromatic N) is 1. The fourth-order valence-electron chi connectivity index (χ4n) is 1.60. The smallest absolute Gasteiger partial charge is 0.361 e. The van der Waals surface area contributed by atoms with Gasteiger partial charge in [0.25, 0.3) is 0 Å². The highest BCUT2D eigenvalue weighted by molar-refractivity contribution is 7.87. The van der Waals surface area contributed by atoms with Crippen molar-refractivity contribution in [1.82, 2.24) is 0 Å². The molecule has 0 amide bonds. The van der Waals surface area contributed by atoms with E-state index in [2.05, 4.69) is 0 Å². The molecule has 1 aromatic rings. The zero-order chi connectivity index (χ0) is 15.0. The van der Waals surface area contributed by atoms with Gasteiger partial charge in [-0.2, -0.15) is 8.42 Å². The van der Waals surface area contributed by atoms with Gasteiger partial charge < -0.3 is 5.11 Å². The summed E-state index contributed by atoms with van der Waals surface area (Å²) < 4.78 is 45.6. The summed E-state index contributed by atoms with van der Waals surface area (Å²) in [5, 5.41) is 9.09. The molecule has 0 unspecified atom stereocenters. The fraction of sp³-hybridized carbons (Fsp3) is 0.364. The molecule has 0 bridgehead atoms. The maximum absolute atomic E-state index is 13.2. The van der Waals surface area contributed by atoms with Crippen molar-refractivity contribution >= 4 is 22.0 Å². The van der Waals surface area contributed by atoms with Crippen LogP contribution in [0.5, 0.6) is 0 Å². The number of benzene rings is 1. The topological polar surface area (TPSA) is 94.9 Å². The van der Waals surface area contributed by atoms with Crippen molar-refractivity contribution in [3.05, 3.63) is 29.6 Å². The first kappa shape index (κ1) is 15.4. The third kappa shape index (κ3) is 3.02. The van der Waals surface area contributed by atoms with Crippen molar-refractivity contribution in [3.8, 4) is 0 Å². The third-order valence-electron chi connectivity index (χ3n) is 2.65. The Bertz CT molecular complexity index is 612. The van der Waals surface area contributed by atoms with E-state index < -0.39 is 27.6 Å². The molecule has 0 aliphatic rings. The van der Waals surface area contributed by atoms with Crippen molar-refractivity contribution in [2.45, 2.75) is 26.3 Å². The molecule has 0 aliphatic carbocycles. The van der Waals surface area contributed by atoms with Crippen LogP contribution in [0.15, 0.2) is 18.2 Å². The number of carboxylic acids is 1. The van der Waals surface area contributed by atoms with E-state index in [1.54, 1.807) is 0 Å². The van der Waals surface area contributed by atoms with E-state index in [1.807, 2.05) is 0 Å². The Morgan fingerprint density at radius 3 is 2.32 bits per heavy atom. The average Bonchev–Trinajstić information content (AvgIpc) is 2.20. The maximum Gasteiger partial charge on any atom is 0.361 e. The minimum atomic E-state index is -4.87. The van der Waals surface area contributed by atoms with E-state index in [0.717, 1.165) is 26.0 Å². The minimum Gasteiger partial charge on any atom is -0.479 e. The number of hydrogen-bond donors (Lipinski definition) is 2. The summed E-state index contributed by atoms with van der Waals surface area (Å²) in [7, 11) is -4.87. The fourth-order valence-corrected chi connectivity index (χ4v) is 2.70. The van der Waals surface area contributed by atoms with Crippen molar-refractivity contribution in [3.63, 3.8) is 0 Å². The highest BCUT2D eigenvalue weighted by Gasteiger charge is 2.42. The third-order valence-corrected chi connectivity index (χ3v) is 3.77. The van der Waals surface area contributed by atoms with Crippen LogP contribution in [0, 0.1) is 12.7 Å². The lowest BCUT2D eigenvalue weighted by molar-refractivity contribution is -0.141. The van der Waals surface area contributed by atoms with Crippen LogP contribution < -0.4 is 4.31 Å². The number of hydrogen-bond acceptors (Lipinski definition) is 3. The first-order valence-electron chi connectivity index (χ1n) is 5.25. The van der Waals surface area contributed by atoms with Crippen LogP contribution in [0.3, 0.4) is 0 Å². The Labute approximate surface area is 110 Å². The van der Waals surface area contributed by atoms with E-state index in [1.165, 1.54) is 13.0 Å². The second-order valence-corrected chi connectivity index (χ2v) is 5.80. The van der Waals surface area contributed by atoms with Gasteiger partial charge in [0.1, 0.15) is 11.4 Å². The van der Waals surface area contributed by atoms with Crippen molar-refractivity contribution in [2.75, 3.05) is 4.31 Å². The SMILES string of the molecule is Cc1ccc(F)cc1N(C(C)(C)C(=O)O)S(=O)(=O)O. The number of rotatable bonds is 4. The quantitative estimate of drug-likeness (QED) is 0.822. The van der Waals surface area contributed by atoms with Gasteiger partial charge in [-0.05, 0) is 38.5 Å². The lowest BCUT2D eigenvalue weighted by Crippen LogP contribution is -2.53. The number of aliphatic carboxylic acids is 1. The maximum atomic E-state index is 13.2. The van der Waals surface area contributed by atoms with E-state index in [4.69, 9.17) is 5.11 Å². The summed E-state index contributed by atoms with van der Waals surface area (Å²) in [4.78, 5) is 11.2. The largest absolute Gasteiger partial charge is 0.479 e. The first-order chi connectivity index (χ1) is 8.48. The Hall–Kier alpha value is -1.67. The molecule has 0 aliphatic heterocycles. The molecule has 0 heterocycles. The van der Waals surface area contributed by atoms with Crippen molar-refractivity contribution in [1.29, 1.82) is 0 Å². The molecule has 0 saturated heterocycles. The van der Waals surface area contributed by atoms with Gasteiger partial charge >= 0.3 is 16.3 Å². The summed E-state index contributed by atoms with van der Waals surface area (Å²) in [6, 6.07) is 3.25. The van der Waals surface area contributed by atoms with E-state index in [9.17, 15) is 22.2 Å². The Balaban J connectivity index is 3.60. The molecule has 0 spiro atoms. The zero-order valence-corrected chi connectivity index (χ0v) is 11.4. The lowest BCUT2D eigenvalue weighted by Gasteiger charge is -2.34. The van der Waals surface area contributed by atoms with Gasteiger partial charge in [-0.1, -0.05) is 6.07 Å². The summed E-state index contributed by atoms with van der Waals surface area (Å²) in [6.07, 6.45) is 0. The molecule has 0 aromatic heterocycles. The molecule has 0 fully saturated rings. The molecule has 0 atom stereocenters.